The highest BCUT2D eigenvalue weighted by Crippen LogP contribution is 2.47. The number of anilines is 3. The smallest absolute Gasteiger partial charge is 0.207 e. The number of aromatic nitrogens is 1. The SMILES string of the molecule is O=S1(=O)c2ccccc2-c2cc(N(c3ccc(-c4ccccc4)cc3)c3ccc(-c4ccc5c(c4)c4ccccc4n5-c4ccccc4)cc3)ccc21. The summed E-state index contributed by atoms with van der Waals surface area (Å²) < 4.78 is 29.2. The lowest BCUT2D eigenvalue weighted by Crippen LogP contribution is -2.10. The van der Waals surface area contributed by atoms with Gasteiger partial charge in [-0.3, -0.25) is 0 Å². The highest BCUT2D eigenvalue weighted by atomic mass is 32.2. The first-order valence-corrected chi connectivity index (χ1v) is 19.2. The summed E-state index contributed by atoms with van der Waals surface area (Å²) >= 11 is 0. The minimum Gasteiger partial charge on any atom is -0.310 e. The summed E-state index contributed by atoms with van der Waals surface area (Å²) in [6.45, 7) is 0. The maximum absolute atomic E-state index is 13.5. The van der Waals surface area contributed by atoms with E-state index in [2.05, 4.69) is 137 Å². The monoisotopic (exact) mass is 700 g/mol. The molecule has 1 aliphatic rings. The minimum absolute atomic E-state index is 0.348. The van der Waals surface area contributed by atoms with E-state index in [0.717, 1.165) is 56.1 Å². The van der Waals surface area contributed by atoms with Gasteiger partial charge in [0.15, 0.2) is 0 Å². The van der Waals surface area contributed by atoms with E-state index >= 15 is 0 Å². The third-order valence-electron chi connectivity index (χ3n) is 10.4. The molecule has 4 nitrogen and oxygen atoms in total. The molecule has 0 amide bonds. The van der Waals surface area contributed by atoms with Gasteiger partial charge in [-0.25, -0.2) is 8.42 Å². The molecule has 0 fully saturated rings. The zero-order valence-corrected chi connectivity index (χ0v) is 29.4. The van der Waals surface area contributed by atoms with Gasteiger partial charge in [0.25, 0.3) is 0 Å². The van der Waals surface area contributed by atoms with Crippen molar-refractivity contribution in [1.82, 2.24) is 4.57 Å². The van der Waals surface area contributed by atoms with Crippen molar-refractivity contribution < 1.29 is 8.42 Å². The van der Waals surface area contributed by atoms with Crippen LogP contribution in [0.3, 0.4) is 0 Å². The lowest BCUT2D eigenvalue weighted by molar-refractivity contribution is 0.598. The van der Waals surface area contributed by atoms with Crippen LogP contribution >= 0.6 is 0 Å². The summed E-state index contributed by atoms with van der Waals surface area (Å²) in [5.41, 5.74) is 12.3. The third kappa shape index (κ3) is 5.08. The fourth-order valence-corrected chi connectivity index (χ4v) is 9.50. The van der Waals surface area contributed by atoms with E-state index in [1.165, 1.54) is 21.8 Å². The Bertz CT molecular complexity index is 2930. The molecule has 53 heavy (non-hydrogen) atoms. The first-order valence-electron chi connectivity index (χ1n) is 17.7. The second-order valence-corrected chi connectivity index (χ2v) is 15.3. The highest BCUT2D eigenvalue weighted by molar-refractivity contribution is 7.92. The Morgan fingerprint density at radius 2 is 0.906 bits per heavy atom. The van der Waals surface area contributed by atoms with E-state index in [4.69, 9.17) is 0 Å². The van der Waals surface area contributed by atoms with E-state index in [0.29, 0.717) is 9.79 Å². The molecule has 1 aliphatic heterocycles. The van der Waals surface area contributed by atoms with Crippen LogP contribution in [0, 0.1) is 0 Å². The maximum Gasteiger partial charge on any atom is 0.207 e. The van der Waals surface area contributed by atoms with E-state index in [1.54, 1.807) is 18.2 Å². The number of hydrogen-bond donors (Lipinski definition) is 0. The Morgan fingerprint density at radius 1 is 0.377 bits per heavy atom. The number of nitrogens with zero attached hydrogens (tertiary/aromatic N) is 2. The lowest BCUT2D eigenvalue weighted by atomic mass is 10.0. The number of sulfone groups is 1. The summed E-state index contributed by atoms with van der Waals surface area (Å²) in [6.07, 6.45) is 0. The van der Waals surface area contributed by atoms with Gasteiger partial charge in [0.2, 0.25) is 9.84 Å². The highest BCUT2D eigenvalue weighted by Gasteiger charge is 2.33. The average Bonchev–Trinajstić information content (AvgIpc) is 3.67. The summed E-state index contributed by atoms with van der Waals surface area (Å²) in [5, 5.41) is 2.43. The molecular formula is C48H32N2O2S. The molecule has 5 heteroatoms. The van der Waals surface area contributed by atoms with Crippen molar-refractivity contribution >= 4 is 48.7 Å². The molecule has 252 valence electrons. The van der Waals surface area contributed by atoms with Crippen LogP contribution in [0.1, 0.15) is 0 Å². The van der Waals surface area contributed by atoms with Crippen LogP contribution in [0.2, 0.25) is 0 Å². The largest absolute Gasteiger partial charge is 0.310 e. The van der Waals surface area contributed by atoms with Gasteiger partial charge in [0.05, 0.1) is 20.8 Å². The molecule has 0 saturated carbocycles. The van der Waals surface area contributed by atoms with Crippen LogP contribution < -0.4 is 4.90 Å². The minimum atomic E-state index is -3.57. The Hall–Kier alpha value is -6.69. The van der Waals surface area contributed by atoms with Crippen LogP contribution in [0.4, 0.5) is 17.1 Å². The van der Waals surface area contributed by atoms with Gasteiger partial charge < -0.3 is 9.47 Å². The predicted molar refractivity (Wildman–Crippen MR) is 217 cm³/mol. The Labute approximate surface area is 308 Å². The van der Waals surface area contributed by atoms with Gasteiger partial charge >= 0.3 is 0 Å². The maximum atomic E-state index is 13.5. The fraction of sp³-hybridized carbons (Fsp3) is 0. The van der Waals surface area contributed by atoms with Gasteiger partial charge in [-0.05, 0) is 101 Å². The zero-order valence-electron chi connectivity index (χ0n) is 28.6. The lowest BCUT2D eigenvalue weighted by Gasteiger charge is -2.26. The van der Waals surface area contributed by atoms with Crippen molar-refractivity contribution in [3.8, 4) is 39.1 Å². The van der Waals surface area contributed by atoms with Gasteiger partial charge in [0.1, 0.15) is 0 Å². The van der Waals surface area contributed by atoms with Crippen molar-refractivity contribution in [3.63, 3.8) is 0 Å². The predicted octanol–water partition coefficient (Wildman–Crippen LogP) is 12.4. The Balaban J connectivity index is 1.08. The molecule has 8 aromatic carbocycles. The van der Waals surface area contributed by atoms with Crippen LogP contribution in [0.25, 0.3) is 60.9 Å². The Morgan fingerprint density at radius 3 is 1.64 bits per heavy atom. The third-order valence-corrected chi connectivity index (χ3v) is 12.2. The fourth-order valence-electron chi connectivity index (χ4n) is 7.84. The molecule has 2 heterocycles. The van der Waals surface area contributed by atoms with E-state index in [1.807, 2.05) is 48.5 Å². The summed E-state index contributed by atoms with van der Waals surface area (Å²) in [5.74, 6) is 0. The molecule has 0 N–H and O–H groups in total. The topological polar surface area (TPSA) is 42.3 Å². The van der Waals surface area contributed by atoms with Crippen LogP contribution in [0.5, 0.6) is 0 Å². The van der Waals surface area contributed by atoms with Crippen molar-refractivity contribution in [3.05, 3.63) is 194 Å². The first kappa shape index (κ1) is 31.1. The van der Waals surface area contributed by atoms with Crippen molar-refractivity contribution in [2.24, 2.45) is 0 Å². The molecular weight excluding hydrogens is 669 g/mol. The first-order chi connectivity index (χ1) is 26.0. The van der Waals surface area contributed by atoms with Crippen molar-refractivity contribution in [2.75, 3.05) is 4.90 Å². The quantitative estimate of drug-likeness (QED) is 0.173. The molecule has 0 atom stereocenters. The van der Waals surface area contributed by atoms with E-state index in [9.17, 15) is 8.42 Å². The standard InChI is InChI=1S/C48H32N2O2S/c51-53(52)47-18-10-8-16-42(47)44-32-40(28-30-48(44)53)49(38-24-19-34(20-25-38)33-11-3-1-4-12-33)39-26-21-35(22-27-39)36-23-29-46-43(31-36)41-15-7-9-17-45(41)50(46)37-13-5-2-6-14-37/h1-32H. The number of hydrogen-bond acceptors (Lipinski definition) is 3. The van der Waals surface area contributed by atoms with E-state index in [-0.39, 0.29) is 0 Å². The zero-order chi connectivity index (χ0) is 35.5. The number of benzene rings is 8. The van der Waals surface area contributed by atoms with Crippen molar-refractivity contribution in [2.45, 2.75) is 9.79 Å². The molecule has 0 bridgehead atoms. The summed E-state index contributed by atoms with van der Waals surface area (Å²) in [7, 11) is -3.57. The van der Waals surface area contributed by atoms with Crippen molar-refractivity contribution in [1.29, 1.82) is 0 Å². The Kier molecular flexibility index (Phi) is 7.17. The molecule has 1 aromatic heterocycles. The molecule has 10 rings (SSSR count). The average molecular weight is 701 g/mol. The molecule has 0 spiro atoms. The number of fused-ring (bicyclic) bond motifs is 6. The van der Waals surface area contributed by atoms with Gasteiger partial charge in [-0.2, -0.15) is 0 Å². The van der Waals surface area contributed by atoms with Crippen LogP contribution in [-0.2, 0) is 9.84 Å². The number of para-hydroxylation sites is 2. The second-order valence-electron chi connectivity index (χ2n) is 13.4. The summed E-state index contributed by atoms with van der Waals surface area (Å²) in [4.78, 5) is 2.91. The van der Waals surface area contributed by atoms with E-state index < -0.39 is 9.84 Å². The molecule has 9 aromatic rings. The molecule has 0 unspecified atom stereocenters. The van der Waals surface area contributed by atoms with Gasteiger partial charge in [0, 0.05) is 44.6 Å². The normalized spacial score (nSPS) is 12.8. The van der Waals surface area contributed by atoms with Gasteiger partial charge in [-0.1, -0.05) is 115 Å². The number of rotatable bonds is 6. The van der Waals surface area contributed by atoms with Crippen LogP contribution in [-0.4, -0.2) is 13.0 Å². The van der Waals surface area contributed by atoms with Crippen LogP contribution in [0.15, 0.2) is 204 Å². The molecule has 0 radical (unpaired) electrons. The molecule has 0 aliphatic carbocycles. The summed E-state index contributed by atoms with van der Waals surface area (Å²) in [6, 6.07) is 66.3. The second kappa shape index (κ2) is 12.2. The molecule has 0 saturated heterocycles. The van der Waals surface area contributed by atoms with Gasteiger partial charge in [-0.15, -0.1) is 0 Å².